The molecule has 1 aliphatic rings. The maximum Gasteiger partial charge on any atom is 0.247 e. The van der Waals surface area contributed by atoms with Gasteiger partial charge in [0.25, 0.3) is 0 Å². The van der Waals surface area contributed by atoms with Crippen LogP contribution in [0.25, 0.3) is 10.9 Å². The van der Waals surface area contributed by atoms with Gasteiger partial charge in [0.1, 0.15) is 11.9 Å². The molecule has 0 spiro atoms. The minimum absolute atomic E-state index is 0.0116. The summed E-state index contributed by atoms with van der Waals surface area (Å²) in [5.74, 6) is -1.04. The molecule has 9 N–H and O–H groups in total. The van der Waals surface area contributed by atoms with Crippen molar-refractivity contribution in [2.75, 3.05) is 11.9 Å². The van der Waals surface area contributed by atoms with Crippen LogP contribution in [0.2, 0.25) is 0 Å². The van der Waals surface area contributed by atoms with Crippen molar-refractivity contribution >= 4 is 34.4 Å². The molecule has 2 amide bonds. The van der Waals surface area contributed by atoms with Gasteiger partial charge in [-0.2, -0.15) is 0 Å². The molecule has 1 heterocycles. The third-order valence-corrected chi connectivity index (χ3v) is 8.65. The lowest BCUT2D eigenvalue weighted by Gasteiger charge is -2.21. The molecule has 10 nitrogen and oxygen atoms in total. The lowest BCUT2D eigenvalue weighted by atomic mass is 10.0. The topological polar surface area (TPSA) is 166 Å². The van der Waals surface area contributed by atoms with Crippen LogP contribution >= 0.6 is 0 Å². The normalized spacial score (nSPS) is 14.5. The Hall–Kier alpha value is -4.74. The molecule has 5 rings (SSSR count). The fourth-order valence-electron chi connectivity index (χ4n) is 6.11. The van der Waals surface area contributed by atoms with Gasteiger partial charge in [0.05, 0.1) is 6.04 Å². The number of aliphatic imine (C=N–C) groups is 1. The Labute approximate surface area is 275 Å². The highest BCUT2D eigenvalue weighted by molar-refractivity contribution is 6.00. The highest BCUT2D eigenvalue weighted by Crippen LogP contribution is 2.27. The second kappa shape index (κ2) is 16.2. The molecule has 4 aromatic rings. The van der Waals surface area contributed by atoms with Crippen LogP contribution in [-0.2, 0) is 29.1 Å². The van der Waals surface area contributed by atoms with Crippen LogP contribution in [0, 0.1) is 5.82 Å². The lowest BCUT2D eigenvalue weighted by Crippen LogP contribution is -2.51. The third kappa shape index (κ3) is 9.63. The minimum Gasteiger partial charge on any atom is -0.370 e. The Kier molecular flexibility index (Phi) is 11.6. The SMILES string of the molecule is NC(N)=NCCC[C@@H](N)C(=O)N[C@H](Cc1ccccc1)C(=O)Nc1ccc2c(c1)c(CNC1CCCC1)cn2Cc1ccc(F)cc1. The van der Waals surface area contributed by atoms with Crippen molar-refractivity contribution in [3.8, 4) is 0 Å². The van der Waals surface area contributed by atoms with Gasteiger partial charge in [-0.3, -0.25) is 14.6 Å². The van der Waals surface area contributed by atoms with Gasteiger partial charge >= 0.3 is 0 Å². The third-order valence-electron chi connectivity index (χ3n) is 8.65. The van der Waals surface area contributed by atoms with Crippen LogP contribution in [0.5, 0.6) is 0 Å². The van der Waals surface area contributed by atoms with Crippen molar-refractivity contribution in [3.05, 3.63) is 102 Å². The first kappa shape index (κ1) is 33.6. The Balaban J connectivity index is 1.35. The van der Waals surface area contributed by atoms with E-state index in [0.717, 1.165) is 27.6 Å². The molecule has 2 atom stereocenters. The van der Waals surface area contributed by atoms with Crippen LogP contribution in [0.1, 0.15) is 55.2 Å². The first-order valence-electron chi connectivity index (χ1n) is 16.3. The lowest BCUT2D eigenvalue weighted by molar-refractivity contribution is -0.127. The fraction of sp³-hybridized carbons (Fsp3) is 0.361. The number of nitrogens with one attached hydrogen (secondary N) is 3. The molecule has 0 saturated heterocycles. The number of nitrogens with two attached hydrogens (primary N) is 3. The van der Waals surface area contributed by atoms with E-state index in [9.17, 15) is 14.0 Å². The summed E-state index contributed by atoms with van der Waals surface area (Å²) in [6, 6.07) is 20.7. The van der Waals surface area contributed by atoms with E-state index < -0.39 is 18.0 Å². The first-order chi connectivity index (χ1) is 22.7. The number of carbonyl (C=O) groups is 2. The standard InChI is InChI=1S/C36H45FN8O2/c37-27-14-12-25(13-15-27)22-45-23-26(21-42-28-9-4-5-10-28)30-20-29(16-17-33(30)45)43-35(47)32(19-24-7-2-1-3-8-24)44-34(46)31(38)11-6-18-41-36(39)40/h1-3,7-8,12-17,20,23,28,31-32,42H,4-6,9-11,18-19,21-22,38H2,(H,43,47)(H,44,46)(H4,39,40,41)/t31-,32-/m1/s1. The summed E-state index contributed by atoms with van der Waals surface area (Å²) in [6.45, 7) is 1.65. The van der Waals surface area contributed by atoms with Gasteiger partial charge in [0.2, 0.25) is 11.8 Å². The number of anilines is 1. The number of fused-ring (bicyclic) bond motifs is 1. The second-order valence-corrected chi connectivity index (χ2v) is 12.3. The molecule has 1 fully saturated rings. The summed E-state index contributed by atoms with van der Waals surface area (Å²) in [7, 11) is 0. The van der Waals surface area contributed by atoms with Crippen molar-refractivity contribution in [1.29, 1.82) is 0 Å². The Morgan fingerprint density at radius 2 is 1.70 bits per heavy atom. The summed E-state index contributed by atoms with van der Waals surface area (Å²) in [5.41, 5.74) is 21.6. The van der Waals surface area contributed by atoms with Crippen molar-refractivity contribution in [3.63, 3.8) is 0 Å². The predicted octanol–water partition coefficient (Wildman–Crippen LogP) is 3.91. The summed E-state index contributed by atoms with van der Waals surface area (Å²) in [4.78, 5) is 30.7. The maximum atomic E-state index is 13.7. The summed E-state index contributed by atoms with van der Waals surface area (Å²) < 4.78 is 15.7. The Bertz CT molecular complexity index is 1660. The van der Waals surface area contributed by atoms with E-state index in [2.05, 4.69) is 31.7 Å². The van der Waals surface area contributed by atoms with Crippen LogP contribution in [0.15, 0.2) is 84.0 Å². The van der Waals surface area contributed by atoms with Crippen LogP contribution in [-0.4, -0.2) is 47.0 Å². The van der Waals surface area contributed by atoms with Crippen molar-refractivity contribution in [2.45, 2.75) is 76.2 Å². The average Bonchev–Trinajstić information content (AvgIpc) is 3.71. The fourth-order valence-corrected chi connectivity index (χ4v) is 6.11. The van der Waals surface area contributed by atoms with Crippen LogP contribution in [0.4, 0.5) is 10.1 Å². The van der Waals surface area contributed by atoms with Crippen LogP contribution in [0.3, 0.4) is 0 Å². The first-order valence-corrected chi connectivity index (χ1v) is 16.3. The van der Waals surface area contributed by atoms with Crippen molar-refractivity contribution in [2.24, 2.45) is 22.2 Å². The zero-order valence-corrected chi connectivity index (χ0v) is 26.6. The number of benzene rings is 3. The van der Waals surface area contributed by atoms with E-state index in [0.29, 0.717) is 50.6 Å². The molecular formula is C36H45FN8O2. The molecule has 47 heavy (non-hydrogen) atoms. The second-order valence-electron chi connectivity index (χ2n) is 12.3. The summed E-state index contributed by atoms with van der Waals surface area (Å²) in [6.07, 6.45) is 8.15. The molecule has 11 heteroatoms. The highest BCUT2D eigenvalue weighted by Gasteiger charge is 2.25. The number of rotatable bonds is 15. The molecule has 1 saturated carbocycles. The monoisotopic (exact) mass is 640 g/mol. The molecule has 0 radical (unpaired) electrons. The summed E-state index contributed by atoms with van der Waals surface area (Å²) >= 11 is 0. The minimum atomic E-state index is -0.851. The number of nitrogens with zero attached hydrogens (tertiary/aromatic N) is 2. The average molecular weight is 641 g/mol. The Morgan fingerprint density at radius 3 is 2.43 bits per heavy atom. The molecule has 0 bridgehead atoms. The van der Waals surface area contributed by atoms with E-state index in [-0.39, 0.29) is 17.7 Å². The maximum absolute atomic E-state index is 13.7. The van der Waals surface area contributed by atoms with Gasteiger partial charge in [0.15, 0.2) is 5.96 Å². The smallest absolute Gasteiger partial charge is 0.247 e. The highest BCUT2D eigenvalue weighted by atomic mass is 19.1. The molecule has 0 unspecified atom stereocenters. The van der Waals surface area contributed by atoms with Gasteiger partial charge < -0.3 is 37.7 Å². The zero-order chi connectivity index (χ0) is 33.2. The van der Waals surface area contributed by atoms with E-state index in [1.54, 1.807) is 12.1 Å². The number of carbonyl (C=O) groups excluding carboxylic acids is 2. The zero-order valence-electron chi connectivity index (χ0n) is 26.6. The van der Waals surface area contributed by atoms with Gasteiger partial charge in [0, 0.05) is 54.9 Å². The van der Waals surface area contributed by atoms with Crippen molar-refractivity contribution in [1.82, 2.24) is 15.2 Å². The number of hydrogen-bond acceptors (Lipinski definition) is 5. The van der Waals surface area contributed by atoms with Gasteiger partial charge in [-0.15, -0.1) is 0 Å². The molecule has 248 valence electrons. The number of aromatic nitrogens is 1. The van der Waals surface area contributed by atoms with Crippen LogP contribution < -0.4 is 33.2 Å². The number of hydrogen-bond donors (Lipinski definition) is 6. The Morgan fingerprint density at radius 1 is 0.957 bits per heavy atom. The van der Waals surface area contributed by atoms with E-state index in [1.807, 2.05) is 48.5 Å². The van der Waals surface area contributed by atoms with E-state index >= 15 is 0 Å². The van der Waals surface area contributed by atoms with Gasteiger partial charge in [-0.1, -0.05) is 55.3 Å². The number of halogens is 1. The summed E-state index contributed by atoms with van der Waals surface area (Å²) in [5, 5.41) is 10.6. The predicted molar refractivity (Wildman–Crippen MR) is 185 cm³/mol. The van der Waals surface area contributed by atoms with Gasteiger partial charge in [-0.05, 0) is 72.7 Å². The molecule has 1 aliphatic carbocycles. The molecule has 1 aromatic heterocycles. The largest absolute Gasteiger partial charge is 0.370 e. The molecule has 3 aromatic carbocycles. The number of guanidine groups is 1. The number of amides is 2. The molecule has 0 aliphatic heterocycles. The quantitative estimate of drug-likeness (QED) is 0.0655. The van der Waals surface area contributed by atoms with E-state index in [1.165, 1.54) is 37.8 Å². The van der Waals surface area contributed by atoms with Crippen molar-refractivity contribution < 1.29 is 14.0 Å². The molecular weight excluding hydrogens is 595 g/mol. The van der Waals surface area contributed by atoms with E-state index in [4.69, 9.17) is 17.2 Å². The van der Waals surface area contributed by atoms with Gasteiger partial charge in [-0.25, -0.2) is 4.39 Å².